The van der Waals surface area contributed by atoms with Crippen molar-refractivity contribution in [2.24, 2.45) is 0 Å². The average Bonchev–Trinajstić information content (AvgIpc) is 3.04. The minimum absolute atomic E-state index is 0.928. The normalized spacial score (nSPS) is 11.2. The van der Waals surface area contributed by atoms with Gasteiger partial charge in [0.2, 0.25) is 0 Å². The van der Waals surface area contributed by atoms with Crippen LogP contribution < -0.4 is 0 Å². The summed E-state index contributed by atoms with van der Waals surface area (Å²) < 4.78 is 4.43. The van der Waals surface area contributed by atoms with Crippen LogP contribution >= 0.6 is 0 Å². The highest BCUT2D eigenvalue weighted by molar-refractivity contribution is 5.75. The molecule has 0 spiro atoms. The van der Waals surface area contributed by atoms with Crippen LogP contribution in [-0.4, -0.2) is 19.1 Å². The fourth-order valence-corrected chi connectivity index (χ4v) is 2.42. The van der Waals surface area contributed by atoms with Crippen LogP contribution in [0.2, 0.25) is 0 Å². The van der Waals surface area contributed by atoms with E-state index in [4.69, 9.17) is 4.98 Å². The van der Waals surface area contributed by atoms with Crippen molar-refractivity contribution in [1.82, 2.24) is 19.1 Å². The van der Waals surface area contributed by atoms with Gasteiger partial charge in [0.15, 0.2) is 0 Å². The Balaban J connectivity index is 1.92. The quantitative estimate of drug-likeness (QED) is 0.702. The third-order valence-electron chi connectivity index (χ3n) is 3.35. The lowest BCUT2D eigenvalue weighted by Gasteiger charge is -2.09. The van der Waals surface area contributed by atoms with E-state index in [0.29, 0.717) is 0 Å². The van der Waals surface area contributed by atoms with E-state index in [1.807, 2.05) is 24.8 Å². The lowest BCUT2D eigenvalue weighted by atomic mass is 10.3. The predicted molar refractivity (Wildman–Crippen MR) is 76.0 cm³/mol. The Morgan fingerprint density at radius 1 is 1.16 bits per heavy atom. The second kappa shape index (κ2) is 5.26. The Morgan fingerprint density at radius 3 is 2.84 bits per heavy atom. The molecule has 0 radical (unpaired) electrons. The molecule has 4 heteroatoms. The summed E-state index contributed by atoms with van der Waals surface area (Å²) in [6, 6.07) is 8.36. The Hall–Kier alpha value is -2.10. The van der Waals surface area contributed by atoms with E-state index in [2.05, 4.69) is 39.2 Å². The standard InChI is InChI=1S/C15H18N4/c1-2-5-15-17-13-6-3-4-7-14(13)19(15)11-10-18-9-8-16-12-18/h3-4,6-9,12H,2,5,10-11H2,1H3. The zero-order valence-electron chi connectivity index (χ0n) is 11.2. The maximum absolute atomic E-state index is 4.74. The van der Waals surface area contributed by atoms with Gasteiger partial charge in [0.1, 0.15) is 5.82 Å². The highest BCUT2D eigenvalue weighted by Gasteiger charge is 2.09. The topological polar surface area (TPSA) is 35.6 Å². The van der Waals surface area contributed by atoms with Crippen molar-refractivity contribution in [2.75, 3.05) is 0 Å². The first-order valence-corrected chi connectivity index (χ1v) is 6.78. The molecule has 19 heavy (non-hydrogen) atoms. The largest absolute Gasteiger partial charge is 0.336 e. The van der Waals surface area contributed by atoms with Gasteiger partial charge >= 0.3 is 0 Å². The minimum Gasteiger partial charge on any atom is -0.336 e. The molecule has 98 valence electrons. The van der Waals surface area contributed by atoms with Gasteiger partial charge in [-0.05, 0) is 18.6 Å². The fourth-order valence-electron chi connectivity index (χ4n) is 2.42. The second-order valence-corrected chi connectivity index (χ2v) is 4.72. The maximum Gasteiger partial charge on any atom is 0.109 e. The van der Waals surface area contributed by atoms with Crippen LogP contribution in [0, 0.1) is 0 Å². The highest BCUT2D eigenvalue weighted by Crippen LogP contribution is 2.17. The van der Waals surface area contributed by atoms with E-state index >= 15 is 0 Å². The van der Waals surface area contributed by atoms with E-state index in [0.717, 1.165) is 31.4 Å². The molecule has 0 aliphatic rings. The summed E-state index contributed by atoms with van der Waals surface area (Å²) in [4.78, 5) is 8.82. The first-order valence-electron chi connectivity index (χ1n) is 6.78. The third kappa shape index (κ3) is 2.38. The van der Waals surface area contributed by atoms with Gasteiger partial charge in [0.25, 0.3) is 0 Å². The van der Waals surface area contributed by atoms with Crippen molar-refractivity contribution in [3.8, 4) is 0 Å². The number of fused-ring (bicyclic) bond motifs is 1. The van der Waals surface area contributed by atoms with Gasteiger partial charge < -0.3 is 9.13 Å². The number of benzene rings is 1. The van der Waals surface area contributed by atoms with Gasteiger partial charge in [-0.3, -0.25) is 0 Å². The van der Waals surface area contributed by atoms with Crippen molar-refractivity contribution in [3.63, 3.8) is 0 Å². The van der Waals surface area contributed by atoms with Crippen LogP contribution in [0.15, 0.2) is 43.0 Å². The van der Waals surface area contributed by atoms with Gasteiger partial charge in [0.05, 0.1) is 17.4 Å². The Morgan fingerprint density at radius 2 is 2.05 bits per heavy atom. The van der Waals surface area contributed by atoms with E-state index < -0.39 is 0 Å². The third-order valence-corrected chi connectivity index (χ3v) is 3.35. The molecule has 4 nitrogen and oxygen atoms in total. The lowest BCUT2D eigenvalue weighted by molar-refractivity contribution is 0.567. The number of hydrogen-bond donors (Lipinski definition) is 0. The molecule has 2 heterocycles. The monoisotopic (exact) mass is 254 g/mol. The molecule has 0 saturated heterocycles. The molecule has 0 unspecified atom stereocenters. The van der Waals surface area contributed by atoms with Crippen LogP contribution in [0.3, 0.4) is 0 Å². The Labute approximate surface area is 112 Å². The van der Waals surface area contributed by atoms with Crippen molar-refractivity contribution in [3.05, 3.63) is 48.8 Å². The number of hydrogen-bond acceptors (Lipinski definition) is 2. The SMILES string of the molecule is CCCc1nc2ccccc2n1CCn1ccnc1. The summed E-state index contributed by atoms with van der Waals surface area (Å²) in [7, 11) is 0. The van der Waals surface area contributed by atoms with Crippen molar-refractivity contribution >= 4 is 11.0 Å². The highest BCUT2D eigenvalue weighted by atomic mass is 15.1. The number of rotatable bonds is 5. The van der Waals surface area contributed by atoms with Crippen LogP contribution in [0.1, 0.15) is 19.2 Å². The summed E-state index contributed by atoms with van der Waals surface area (Å²) in [5.41, 5.74) is 2.32. The molecule has 3 rings (SSSR count). The smallest absolute Gasteiger partial charge is 0.109 e. The molecule has 1 aromatic carbocycles. The number of imidazole rings is 2. The molecule has 0 fully saturated rings. The first-order chi connectivity index (χ1) is 9.38. The van der Waals surface area contributed by atoms with Gasteiger partial charge in [-0.1, -0.05) is 19.1 Å². The molecular weight excluding hydrogens is 236 g/mol. The summed E-state index contributed by atoms with van der Waals surface area (Å²) in [5, 5.41) is 0. The average molecular weight is 254 g/mol. The van der Waals surface area contributed by atoms with Crippen molar-refractivity contribution in [2.45, 2.75) is 32.9 Å². The summed E-state index contributed by atoms with van der Waals surface area (Å²) in [6.45, 7) is 4.06. The van der Waals surface area contributed by atoms with Crippen LogP contribution in [0.25, 0.3) is 11.0 Å². The Kier molecular flexibility index (Phi) is 3.31. The van der Waals surface area contributed by atoms with E-state index in [9.17, 15) is 0 Å². The van der Waals surface area contributed by atoms with Gasteiger partial charge in [-0.25, -0.2) is 9.97 Å². The number of aromatic nitrogens is 4. The lowest BCUT2D eigenvalue weighted by Crippen LogP contribution is -2.09. The number of aryl methyl sites for hydroxylation is 3. The van der Waals surface area contributed by atoms with Gasteiger partial charge in [-0.15, -0.1) is 0 Å². The summed E-state index contributed by atoms with van der Waals surface area (Å²) >= 11 is 0. The fraction of sp³-hybridized carbons (Fsp3) is 0.333. The van der Waals surface area contributed by atoms with Crippen molar-refractivity contribution in [1.29, 1.82) is 0 Å². The maximum atomic E-state index is 4.74. The Bertz CT molecular complexity index is 652. The van der Waals surface area contributed by atoms with Crippen LogP contribution in [0.5, 0.6) is 0 Å². The molecule has 0 aliphatic heterocycles. The van der Waals surface area contributed by atoms with E-state index in [-0.39, 0.29) is 0 Å². The summed E-state index contributed by atoms with van der Waals surface area (Å²) in [5.74, 6) is 1.18. The second-order valence-electron chi connectivity index (χ2n) is 4.72. The first kappa shape index (κ1) is 12.0. The van der Waals surface area contributed by atoms with Crippen LogP contribution in [0.4, 0.5) is 0 Å². The summed E-state index contributed by atoms with van der Waals surface area (Å²) in [6.07, 6.45) is 7.82. The molecular formula is C15H18N4. The molecule has 2 aromatic heterocycles. The molecule has 0 amide bonds. The van der Waals surface area contributed by atoms with Crippen LogP contribution in [-0.2, 0) is 19.5 Å². The number of para-hydroxylation sites is 2. The van der Waals surface area contributed by atoms with Gasteiger partial charge in [0, 0.05) is 31.9 Å². The molecule has 0 bridgehead atoms. The van der Waals surface area contributed by atoms with Gasteiger partial charge in [-0.2, -0.15) is 0 Å². The molecule has 0 aliphatic carbocycles. The van der Waals surface area contributed by atoms with E-state index in [1.165, 1.54) is 11.3 Å². The number of nitrogens with zero attached hydrogens (tertiary/aromatic N) is 4. The molecule has 0 saturated carbocycles. The van der Waals surface area contributed by atoms with Crippen molar-refractivity contribution < 1.29 is 0 Å². The molecule has 0 N–H and O–H groups in total. The van der Waals surface area contributed by atoms with E-state index in [1.54, 1.807) is 0 Å². The minimum atomic E-state index is 0.928. The molecule has 3 aromatic rings. The molecule has 0 atom stereocenters. The zero-order valence-corrected chi connectivity index (χ0v) is 11.2. The zero-order chi connectivity index (χ0) is 13.1. The predicted octanol–water partition coefficient (Wildman–Crippen LogP) is 2.89.